The molecule has 1 aliphatic heterocycles. The van der Waals surface area contributed by atoms with Gasteiger partial charge in [-0.25, -0.2) is 9.97 Å². The van der Waals surface area contributed by atoms with Gasteiger partial charge >= 0.3 is 5.92 Å². The second-order valence-corrected chi connectivity index (χ2v) is 6.88. The van der Waals surface area contributed by atoms with Crippen LogP contribution in [0.2, 0.25) is 0 Å². The largest absolute Gasteiger partial charge is 0.456 e. The second kappa shape index (κ2) is 6.21. The first-order valence-corrected chi connectivity index (χ1v) is 8.84. The van der Waals surface area contributed by atoms with E-state index >= 15 is 0 Å². The van der Waals surface area contributed by atoms with Crippen molar-refractivity contribution in [2.24, 2.45) is 0 Å². The third kappa shape index (κ3) is 2.53. The lowest BCUT2D eigenvalue weighted by molar-refractivity contribution is -0.137. The average Bonchev–Trinajstić information content (AvgIpc) is 3.35. The Kier molecular flexibility index (Phi) is 3.85. The molecule has 4 heterocycles. The van der Waals surface area contributed by atoms with Crippen LogP contribution in [0.25, 0.3) is 33.3 Å². The highest BCUT2D eigenvalue weighted by atomic mass is 19.3. The standard InChI is InChI=1S/C19H16F2N4O4/c20-19(21)15(27)13(7-26)29-18(19)25-6-10(14-16(22)23-8-24-17(14)25)12-5-9-3-1-2-4-11(9)28-12/h1-6,8,13,15,18,26-27H,7H2,(H2,22,23,24). The molecule has 0 spiro atoms. The van der Waals surface area contributed by atoms with Crippen LogP contribution in [0.1, 0.15) is 6.23 Å². The number of ether oxygens (including phenoxy) is 1. The summed E-state index contributed by atoms with van der Waals surface area (Å²) in [5.74, 6) is -3.17. The van der Waals surface area contributed by atoms with E-state index in [1.54, 1.807) is 12.1 Å². The third-order valence-corrected chi connectivity index (χ3v) is 5.14. The number of rotatable bonds is 3. The van der Waals surface area contributed by atoms with E-state index in [0.717, 1.165) is 16.3 Å². The Hall–Kier alpha value is -3.08. The van der Waals surface area contributed by atoms with Crippen molar-refractivity contribution in [2.75, 3.05) is 12.3 Å². The zero-order valence-corrected chi connectivity index (χ0v) is 14.9. The zero-order chi connectivity index (χ0) is 20.3. The smallest absolute Gasteiger partial charge is 0.320 e. The Morgan fingerprint density at radius 2 is 2.03 bits per heavy atom. The number of para-hydroxylation sites is 1. The van der Waals surface area contributed by atoms with Crippen LogP contribution in [0.5, 0.6) is 0 Å². The molecule has 1 aromatic carbocycles. The maximum Gasteiger partial charge on any atom is 0.320 e. The fourth-order valence-electron chi connectivity index (χ4n) is 3.71. The SMILES string of the molecule is Nc1ncnc2c1c(-c1cc3ccccc3o1)cn2C1OC(CO)C(O)C1(F)F. The first-order chi connectivity index (χ1) is 13.9. The number of aliphatic hydroxyl groups excluding tert-OH is 2. The van der Waals surface area contributed by atoms with Crippen LogP contribution in [-0.2, 0) is 4.74 Å². The number of benzene rings is 1. The molecule has 1 fully saturated rings. The molecule has 0 bridgehead atoms. The molecule has 1 saturated heterocycles. The summed E-state index contributed by atoms with van der Waals surface area (Å²) in [5.41, 5.74) is 7.16. The molecule has 29 heavy (non-hydrogen) atoms. The molecule has 3 aromatic heterocycles. The number of anilines is 1. The summed E-state index contributed by atoms with van der Waals surface area (Å²) in [6.07, 6.45) is -2.93. The number of hydrogen-bond donors (Lipinski definition) is 3. The van der Waals surface area contributed by atoms with Gasteiger partial charge in [-0.15, -0.1) is 0 Å². The Labute approximate surface area is 162 Å². The summed E-state index contributed by atoms with van der Waals surface area (Å²) in [6, 6.07) is 9.08. The fraction of sp³-hybridized carbons (Fsp3) is 0.263. The number of nitrogens with zero attached hydrogens (tertiary/aromatic N) is 3. The average molecular weight is 402 g/mol. The lowest BCUT2D eigenvalue weighted by Crippen LogP contribution is -2.39. The van der Waals surface area contributed by atoms with Crippen LogP contribution >= 0.6 is 0 Å². The molecule has 3 atom stereocenters. The molecule has 5 rings (SSSR count). The number of alkyl halides is 2. The van der Waals surface area contributed by atoms with Crippen molar-refractivity contribution < 1.29 is 28.1 Å². The van der Waals surface area contributed by atoms with E-state index in [0.29, 0.717) is 22.3 Å². The van der Waals surface area contributed by atoms with Gasteiger partial charge < -0.3 is 25.1 Å². The molecule has 0 amide bonds. The number of nitrogen functional groups attached to an aromatic ring is 1. The summed E-state index contributed by atoms with van der Waals surface area (Å²) in [4.78, 5) is 8.06. The van der Waals surface area contributed by atoms with Crippen molar-refractivity contribution in [3.63, 3.8) is 0 Å². The predicted octanol–water partition coefficient (Wildman–Crippen LogP) is 2.31. The van der Waals surface area contributed by atoms with Gasteiger partial charge in [0.05, 0.1) is 12.0 Å². The number of hydrogen-bond acceptors (Lipinski definition) is 7. The predicted molar refractivity (Wildman–Crippen MR) is 99.1 cm³/mol. The number of aromatic nitrogens is 3. The monoisotopic (exact) mass is 402 g/mol. The molecule has 0 saturated carbocycles. The Morgan fingerprint density at radius 1 is 1.24 bits per heavy atom. The fourth-order valence-corrected chi connectivity index (χ4v) is 3.71. The minimum atomic E-state index is -3.66. The van der Waals surface area contributed by atoms with E-state index in [9.17, 15) is 19.0 Å². The topological polar surface area (TPSA) is 120 Å². The highest BCUT2D eigenvalue weighted by Gasteiger charge is 2.59. The van der Waals surface area contributed by atoms with E-state index in [4.69, 9.17) is 14.9 Å². The van der Waals surface area contributed by atoms with Crippen LogP contribution < -0.4 is 5.73 Å². The van der Waals surface area contributed by atoms with Gasteiger partial charge in [0.15, 0.2) is 6.10 Å². The maximum absolute atomic E-state index is 14.7. The molecule has 0 radical (unpaired) electrons. The van der Waals surface area contributed by atoms with Gasteiger partial charge in [-0.1, -0.05) is 18.2 Å². The van der Waals surface area contributed by atoms with Crippen LogP contribution in [0.15, 0.2) is 47.3 Å². The molecule has 3 unspecified atom stereocenters. The van der Waals surface area contributed by atoms with E-state index < -0.39 is 31.0 Å². The summed E-state index contributed by atoms with van der Waals surface area (Å²) in [7, 11) is 0. The molecule has 10 heteroatoms. The summed E-state index contributed by atoms with van der Waals surface area (Å²) in [6.45, 7) is -0.750. The number of nitrogens with two attached hydrogens (primary N) is 1. The number of halogens is 2. The van der Waals surface area contributed by atoms with Crippen LogP contribution in [0, 0.1) is 0 Å². The maximum atomic E-state index is 14.7. The number of aliphatic hydroxyl groups is 2. The number of fused-ring (bicyclic) bond motifs is 2. The van der Waals surface area contributed by atoms with Crippen LogP contribution in [0.3, 0.4) is 0 Å². The Balaban J connectivity index is 1.73. The Morgan fingerprint density at radius 3 is 2.76 bits per heavy atom. The molecule has 0 aliphatic carbocycles. The molecule has 1 aliphatic rings. The van der Waals surface area contributed by atoms with E-state index in [1.807, 2.05) is 18.2 Å². The van der Waals surface area contributed by atoms with Gasteiger partial charge in [-0.2, -0.15) is 8.78 Å². The Bertz CT molecular complexity index is 1190. The van der Waals surface area contributed by atoms with Gasteiger partial charge in [0.25, 0.3) is 0 Å². The summed E-state index contributed by atoms with van der Waals surface area (Å²) < 4.78 is 41.7. The van der Waals surface area contributed by atoms with Crippen molar-refractivity contribution in [3.05, 3.63) is 42.9 Å². The van der Waals surface area contributed by atoms with E-state index in [-0.39, 0.29) is 11.5 Å². The van der Waals surface area contributed by atoms with Crippen LogP contribution in [-0.4, -0.2) is 49.5 Å². The quantitative estimate of drug-likeness (QED) is 0.481. The third-order valence-electron chi connectivity index (χ3n) is 5.14. The van der Waals surface area contributed by atoms with Gasteiger partial charge in [0.1, 0.15) is 35.2 Å². The highest BCUT2D eigenvalue weighted by Crippen LogP contribution is 2.46. The summed E-state index contributed by atoms with van der Waals surface area (Å²) >= 11 is 0. The van der Waals surface area contributed by atoms with Crippen molar-refractivity contribution in [1.29, 1.82) is 0 Å². The minimum Gasteiger partial charge on any atom is -0.456 e. The van der Waals surface area contributed by atoms with Gasteiger partial charge in [0, 0.05) is 17.1 Å². The molecule has 4 N–H and O–H groups in total. The molecule has 150 valence electrons. The van der Waals surface area contributed by atoms with Crippen molar-refractivity contribution in [1.82, 2.24) is 14.5 Å². The van der Waals surface area contributed by atoms with E-state index in [1.165, 1.54) is 6.20 Å². The van der Waals surface area contributed by atoms with Gasteiger partial charge in [-0.3, -0.25) is 4.57 Å². The molecule has 4 aromatic rings. The lowest BCUT2D eigenvalue weighted by Gasteiger charge is -2.21. The molecule has 8 nitrogen and oxygen atoms in total. The first kappa shape index (κ1) is 18.0. The molecular weight excluding hydrogens is 386 g/mol. The highest BCUT2D eigenvalue weighted by molar-refractivity contribution is 6.01. The molecular formula is C19H16F2N4O4. The van der Waals surface area contributed by atoms with Crippen molar-refractivity contribution >= 4 is 27.8 Å². The zero-order valence-electron chi connectivity index (χ0n) is 14.9. The second-order valence-electron chi connectivity index (χ2n) is 6.88. The minimum absolute atomic E-state index is 0.0878. The lowest BCUT2D eigenvalue weighted by atomic mass is 10.1. The normalized spacial score (nSPS) is 23.9. The summed E-state index contributed by atoms with van der Waals surface area (Å²) in [5, 5.41) is 20.3. The van der Waals surface area contributed by atoms with Crippen molar-refractivity contribution in [2.45, 2.75) is 24.4 Å². The first-order valence-electron chi connectivity index (χ1n) is 8.84. The van der Waals surface area contributed by atoms with E-state index in [2.05, 4.69) is 9.97 Å². The van der Waals surface area contributed by atoms with Gasteiger partial charge in [-0.05, 0) is 12.1 Å². The van der Waals surface area contributed by atoms with Gasteiger partial charge in [0.2, 0.25) is 6.23 Å². The van der Waals surface area contributed by atoms with Crippen molar-refractivity contribution in [3.8, 4) is 11.3 Å². The van der Waals surface area contributed by atoms with Crippen LogP contribution in [0.4, 0.5) is 14.6 Å². The number of furan rings is 1.